The van der Waals surface area contributed by atoms with Crippen LogP contribution in [-0.2, 0) is 5.75 Å². The van der Waals surface area contributed by atoms with Gasteiger partial charge in [-0.15, -0.1) is 10.2 Å². The first-order chi connectivity index (χ1) is 15.5. The van der Waals surface area contributed by atoms with Crippen molar-refractivity contribution in [3.8, 4) is 22.8 Å². The Bertz CT molecular complexity index is 1280. The summed E-state index contributed by atoms with van der Waals surface area (Å²) in [7, 11) is 1.61. The molecule has 0 spiro atoms. The number of carbonyl (C=O) groups excluding carboxylic acids is 1. The maximum Gasteiger partial charge on any atom is 0.196 e. The van der Waals surface area contributed by atoms with Crippen molar-refractivity contribution in [2.45, 2.75) is 17.8 Å². The lowest BCUT2D eigenvalue weighted by atomic mass is 10.1. The van der Waals surface area contributed by atoms with Crippen LogP contribution in [-0.4, -0.2) is 32.6 Å². The molecule has 162 valence electrons. The molecule has 0 unspecified atom stereocenters. The van der Waals surface area contributed by atoms with E-state index in [0.717, 1.165) is 16.8 Å². The SMILES string of the molecule is COc1ccc(C(C)=O)cc1CSc1nnc(-c2cccnc2)n1-c1ccc(Cl)c(Cl)c1. The molecule has 9 heteroatoms. The van der Waals surface area contributed by atoms with Gasteiger partial charge in [0.25, 0.3) is 0 Å². The molecular weight excluding hydrogens is 467 g/mol. The van der Waals surface area contributed by atoms with E-state index in [2.05, 4.69) is 15.2 Å². The molecule has 4 aromatic rings. The average Bonchev–Trinajstić information content (AvgIpc) is 3.23. The van der Waals surface area contributed by atoms with Gasteiger partial charge in [-0.3, -0.25) is 14.3 Å². The number of ketones is 1. The topological polar surface area (TPSA) is 69.9 Å². The number of pyridine rings is 1. The molecule has 0 aliphatic rings. The Labute approximate surface area is 199 Å². The maximum absolute atomic E-state index is 11.8. The van der Waals surface area contributed by atoms with E-state index in [4.69, 9.17) is 27.9 Å². The number of rotatable bonds is 7. The average molecular weight is 485 g/mol. The predicted octanol–water partition coefficient (Wildman–Crippen LogP) is 6.14. The molecule has 4 rings (SSSR count). The highest BCUT2D eigenvalue weighted by Crippen LogP contribution is 2.34. The van der Waals surface area contributed by atoms with Gasteiger partial charge in [-0.1, -0.05) is 35.0 Å². The number of benzene rings is 2. The van der Waals surface area contributed by atoms with Gasteiger partial charge >= 0.3 is 0 Å². The molecule has 0 atom stereocenters. The number of methoxy groups -OCH3 is 1. The van der Waals surface area contributed by atoms with Crippen LogP contribution in [0.4, 0.5) is 0 Å². The van der Waals surface area contributed by atoms with Crippen LogP contribution in [0.25, 0.3) is 17.1 Å². The number of nitrogens with zero attached hydrogens (tertiary/aromatic N) is 4. The molecule has 0 aliphatic heterocycles. The van der Waals surface area contributed by atoms with Gasteiger partial charge in [-0.05, 0) is 55.5 Å². The second-order valence-electron chi connectivity index (χ2n) is 6.85. The lowest BCUT2D eigenvalue weighted by molar-refractivity contribution is 0.101. The highest BCUT2D eigenvalue weighted by atomic mass is 35.5. The number of thioether (sulfide) groups is 1. The summed E-state index contributed by atoms with van der Waals surface area (Å²) in [5.74, 6) is 1.85. The van der Waals surface area contributed by atoms with E-state index >= 15 is 0 Å². The predicted molar refractivity (Wildman–Crippen MR) is 127 cm³/mol. The van der Waals surface area contributed by atoms with Crippen molar-refractivity contribution >= 4 is 40.7 Å². The van der Waals surface area contributed by atoms with Gasteiger partial charge in [-0.25, -0.2) is 0 Å². The lowest BCUT2D eigenvalue weighted by Gasteiger charge is -2.12. The minimum Gasteiger partial charge on any atom is -0.496 e. The summed E-state index contributed by atoms with van der Waals surface area (Å²) in [6, 6.07) is 14.5. The summed E-state index contributed by atoms with van der Waals surface area (Å²) in [5.41, 5.74) is 3.10. The molecule has 2 heterocycles. The third-order valence-corrected chi connectivity index (χ3v) is 6.47. The Kier molecular flexibility index (Phi) is 6.79. The standard InChI is InChI=1S/C23H18Cl2N4O2S/c1-14(30)15-5-8-21(31-2)17(10-15)13-32-23-28-27-22(16-4-3-9-26-12-16)29(23)18-6-7-19(24)20(25)11-18/h3-12H,13H2,1-2H3. The van der Waals surface area contributed by atoms with Gasteiger partial charge in [0.1, 0.15) is 5.75 Å². The zero-order valence-corrected chi connectivity index (χ0v) is 19.6. The number of Topliss-reactive ketones (excluding diaryl/α,β-unsaturated/α-hetero) is 1. The Hall–Kier alpha value is -2.87. The van der Waals surface area contributed by atoms with Gasteiger partial charge < -0.3 is 4.74 Å². The van der Waals surface area contributed by atoms with Crippen LogP contribution in [0.5, 0.6) is 5.75 Å². The minimum absolute atomic E-state index is 0.00302. The smallest absolute Gasteiger partial charge is 0.196 e. The summed E-state index contributed by atoms with van der Waals surface area (Å²) < 4.78 is 7.39. The summed E-state index contributed by atoms with van der Waals surface area (Å²) in [6.45, 7) is 1.54. The summed E-state index contributed by atoms with van der Waals surface area (Å²) >= 11 is 13.9. The lowest BCUT2D eigenvalue weighted by Crippen LogP contribution is -2.01. The number of ether oxygens (including phenoxy) is 1. The zero-order valence-electron chi connectivity index (χ0n) is 17.3. The second-order valence-corrected chi connectivity index (χ2v) is 8.61. The second kappa shape index (κ2) is 9.73. The van der Waals surface area contributed by atoms with E-state index in [-0.39, 0.29) is 5.78 Å². The molecule has 0 amide bonds. The molecule has 0 fully saturated rings. The van der Waals surface area contributed by atoms with Gasteiger partial charge in [0, 0.05) is 34.8 Å². The van der Waals surface area contributed by atoms with Crippen molar-refractivity contribution in [3.63, 3.8) is 0 Å². The molecule has 0 saturated carbocycles. The normalized spacial score (nSPS) is 10.9. The molecule has 0 bridgehead atoms. The highest BCUT2D eigenvalue weighted by Gasteiger charge is 2.18. The van der Waals surface area contributed by atoms with Crippen molar-refractivity contribution in [2.24, 2.45) is 0 Å². The Morgan fingerprint density at radius 3 is 2.62 bits per heavy atom. The molecule has 0 aliphatic carbocycles. The quantitative estimate of drug-likeness (QED) is 0.231. The zero-order chi connectivity index (χ0) is 22.7. The summed E-state index contributed by atoms with van der Waals surface area (Å²) in [4.78, 5) is 16.0. The maximum atomic E-state index is 11.8. The molecule has 32 heavy (non-hydrogen) atoms. The van der Waals surface area contributed by atoms with Gasteiger partial charge in [0.05, 0.1) is 22.8 Å². The Morgan fingerprint density at radius 1 is 1.09 bits per heavy atom. The number of hydrogen-bond donors (Lipinski definition) is 0. The van der Waals surface area contributed by atoms with Crippen LogP contribution in [0.3, 0.4) is 0 Å². The fourth-order valence-electron chi connectivity index (χ4n) is 3.15. The number of aromatic nitrogens is 4. The first kappa shape index (κ1) is 22.3. The van der Waals surface area contributed by atoms with Gasteiger partial charge in [-0.2, -0.15) is 0 Å². The first-order valence-electron chi connectivity index (χ1n) is 9.60. The van der Waals surface area contributed by atoms with E-state index < -0.39 is 0 Å². The first-order valence-corrected chi connectivity index (χ1v) is 11.3. The molecule has 0 saturated heterocycles. The van der Waals surface area contributed by atoms with E-state index in [9.17, 15) is 4.79 Å². The third kappa shape index (κ3) is 4.65. The van der Waals surface area contributed by atoms with Gasteiger partial charge in [0.15, 0.2) is 16.8 Å². The van der Waals surface area contributed by atoms with Crippen molar-refractivity contribution in [1.82, 2.24) is 19.7 Å². The minimum atomic E-state index is -0.00302. The number of carbonyl (C=O) groups is 1. The highest BCUT2D eigenvalue weighted by molar-refractivity contribution is 7.98. The number of halogens is 2. The Morgan fingerprint density at radius 2 is 1.94 bits per heavy atom. The van der Waals surface area contributed by atoms with Crippen molar-refractivity contribution in [1.29, 1.82) is 0 Å². The van der Waals surface area contributed by atoms with Crippen molar-refractivity contribution in [2.75, 3.05) is 7.11 Å². The van der Waals surface area contributed by atoms with E-state index in [1.807, 2.05) is 28.8 Å². The monoisotopic (exact) mass is 484 g/mol. The van der Waals surface area contributed by atoms with Crippen LogP contribution in [0.1, 0.15) is 22.8 Å². The van der Waals surface area contributed by atoms with Crippen LogP contribution < -0.4 is 4.74 Å². The molecule has 6 nitrogen and oxygen atoms in total. The summed E-state index contributed by atoms with van der Waals surface area (Å²) in [5, 5.41) is 10.4. The van der Waals surface area contributed by atoms with Crippen LogP contribution in [0.15, 0.2) is 66.1 Å². The van der Waals surface area contributed by atoms with Crippen molar-refractivity contribution in [3.05, 3.63) is 82.1 Å². The van der Waals surface area contributed by atoms with E-state index in [1.165, 1.54) is 11.8 Å². The van der Waals surface area contributed by atoms with Crippen LogP contribution >= 0.6 is 35.0 Å². The molecule has 2 aromatic carbocycles. The van der Waals surface area contributed by atoms with Gasteiger partial charge in [0.2, 0.25) is 0 Å². The third-order valence-electron chi connectivity index (χ3n) is 4.76. The van der Waals surface area contributed by atoms with Crippen LogP contribution in [0.2, 0.25) is 10.0 Å². The van der Waals surface area contributed by atoms with E-state index in [0.29, 0.717) is 38.1 Å². The fourth-order valence-corrected chi connectivity index (χ4v) is 4.38. The largest absolute Gasteiger partial charge is 0.496 e. The molecule has 2 aromatic heterocycles. The van der Waals surface area contributed by atoms with Crippen molar-refractivity contribution < 1.29 is 9.53 Å². The summed E-state index contributed by atoms with van der Waals surface area (Å²) in [6.07, 6.45) is 3.43. The molecule has 0 radical (unpaired) electrons. The van der Waals surface area contributed by atoms with Crippen LogP contribution in [0, 0.1) is 0 Å². The molecular formula is C23H18Cl2N4O2S. The molecule has 0 N–H and O–H groups in total. The Balaban J connectivity index is 1.75. The number of hydrogen-bond acceptors (Lipinski definition) is 6. The fraction of sp³-hybridized carbons (Fsp3) is 0.130. The van der Waals surface area contributed by atoms with E-state index in [1.54, 1.807) is 50.7 Å².